The first-order valence-electron chi connectivity index (χ1n) is 12.8. The Kier molecular flexibility index (Phi) is 9.03. The molecule has 0 bridgehead atoms. The molecule has 1 saturated heterocycles. The van der Waals surface area contributed by atoms with Crippen molar-refractivity contribution < 1.29 is 27.8 Å². The van der Waals surface area contributed by atoms with Crippen molar-refractivity contribution in [1.29, 1.82) is 0 Å². The third-order valence-corrected chi connectivity index (χ3v) is 8.35. The average molecular weight is 545 g/mol. The SMILES string of the molecule is CC(C)CN(C[C@@H](O)[C@H](Cc1ccccc1)NC(=O)O[C@H]1CCOC1)S(=O)(=O)c1ccc2ncn(C)c2c1. The lowest BCUT2D eigenvalue weighted by atomic mass is 10.0. The Labute approximate surface area is 223 Å². The van der Waals surface area contributed by atoms with Crippen molar-refractivity contribution in [3.05, 3.63) is 60.4 Å². The molecule has 1 aliphatic rings. The van der Waals surface area contributed by atoms with E-state index in [0.29, 0.717) is 37.1 Å². The summed E-state index contributed by atoms with van der Waals surface area (Å²) < 4.78 is 41.3. The van der Waals surface area contributed by atoms with Crippen molar-refractivity contribution >= 4 is 27.1 Å². The molecule has 1 amide bonds. The zero-order valence-electron chi connectivity index (χ0n) is 22.0. The molecule has 2 N–H and O–H groups in total. The molecule has 0 spiro atoms. The number of aryl methyl sites for hydroxylation is 1. The summed E-state index contributed by atoms with van der Waals surface area (Å²) in [7, 11) is -2.16. The van der Waals surface area contributed by atoms with Crippen LogP contribution in [0.5, 0.6) is 0 Å². The lowest BCUT2D eigenvalue weighted by Gasteiger charge is -2.30. The molecule has 3 aromatic rings. The number of carbonyl (C=O) groups excluding carboxylic acids is 1. The third-order valence-electron chi connectivity index (χ3n) is 6.52. The molecule has 2 heterocycles. The van der Waals surface area contributed by atoms with Gasteiger partial charge in [0.05, 0.1) is 47.6 Å². The Hall–Kier alpha value is -2.99. The molecule has 4 rings (SSSR count). The second-order valence-corrected chi connectivity index (χ2v) is 12.1. The molecule has 206 valence electrons. The third kappa shape index (κ3) is 6.90. The molecule has 2 aromatic carbocycles. The first-order valence-corrected chi connectivity index (χ1v) is 14.3. The minimum absolute atomic E-state index is 0.00488. The molecule has 1 aliphatic heterocycles. The van der Waals surface area contributed by atoms with Crippen molar-refractivity contribution in [3.63, 3.8) is 0 Å². The number of sulfonamides is 1. The van der Waals surface area contributed by atoms with Crippen LogP contribution in [0.4, 0.5) is 4.79 Å². The fourth-order valence-corrected chi connectivity index (χ4v) is 6.17. The van der Waals surface area contributed by atoms with Crippen molar-refractivity contribution in [2.45, 2.75) is 49.8 Å². The van der Waals surface area contributed by atoms with Crippen LogP contribution in [-0.4, -0.2) is 78.0 Å². The molecule has 1 fully saturated rings. The van der Waals surface area contributed by atoms with E-state index in [1.807, 2.05) is 44.2 Å². The minimum atomic E-state index is -3.96. The number of ether oxygens (including phenoxy) is 2. The summed E-state index contributed by atoms with van der Waals surface area (Å²) in [6, 6.07) is 13.4. The topological polar surface area (TPSA) is 123 Å². The van der Waals surface area contributed by atoms with Crippen LogP contribution in [0.3, 0.4) is 0 Å². The molecule has 38 heavy (non-hydrogen) atoms. The van der Waals surface area contributed by atoms with Gasteiger partial charge in [0.2, 0.25) is 10.0 Å². The number of fused-ring (bicyclic) bond motifs is 1. The number of aliphatic hydroxyl groups excluding tert-OH is 1. The van der Waals surface area contributed by atoms with Crippen LogP contribution in [0.2, 0.25) is 0 Å². The van der Waals surface area contributed by atoms with Gasteiger partial charge in [0, 0.05) is 26.6 Å². The van der Waals surface area contributed by atoms with E-state index in [4.69, 9.17) is 9.47 Å². The number of benzene rings is 2. The molecule has 0 radical (unpaired) electrons. The van der Waals surface area contributed by atoms with Gasteiger partial charge < -0.3 is 24.5 Å². The van der Waals surface area contributed by atoms with Gasteiger partial charge in [-0.2, -0.15) is 4.31 Å². The van der Waals surface area contributed by atoms with E-state index in [9.17, 15) is 18.3 Å². The first-order chi connectivity index (χ1) is 18.1. The van der Waals surface area contributed by atoms with Crippen LogP contribution in [0, 0.1) is 5.92 Å². The van der Waals surface area contributed by atoms with Crippen LogP contribution < -0.4 is 5.32 Å². The number of hydrogen-bond acceptors (Lipinski definition) is 7. The predicted molar refractivity (Wildman–Crippen MR) is 143 cm³/mol. The molecule has 0 saturated carbocycles. The number of aromatic nitrogens is 2. The van der Waals surface area contributed by atoms with Crippen LogP contribution in [0.15, 0.2) is 59.8 Å². The molecule has 3 atom stereocenters. The summed E-state index contributed by atoms with van der Waals surface area (Å²) in [5, 5.41) is 14.1. The molecule has 10 nitrogen and oxygen atoms in total. The van der Waals surface area contributed by atoms with Gasteiger partial charge in [-0.25, -0.2) is 18.2 Å². The highest BCUT2D eigenvalue weighted by atomic mass is 32.2. The summed E-state index contributed by atoms with van der Waals surface area (Å²) in [5.74, 6) is 0.00488. The van der Waals surface area contributed by atoms with E-state index >= 15 is 0 Å². The smallest absolute Gasteiger partial charge is 0.407 e. The van der Waals surface area contributed by atoms with Crippen molar-refractivity contribution in [3.8, 4) is 0 Å². The Morgan fingerprint density at radius 3 is 2.68 bits per heavy atom. The number of alkyl carbamates (subject to hydrolysis) is 1. The van der Waals surface area contributed by atoms with Crippen LogP contribution in [-0.2, 0) is 33.0 Å². The fraction of sp³-hybridized carbons (Fsp3) is 0.481. The van der Waals surface area contributed by atoms with Gasteiger partial charge in [-0.05, 0) is 36.1 Å². The first kappa shape index (κ1) is 28.0. The highest BCUT2D eigenvalue weighted by Gasteiger charge is 2.32. The number of nitrogens with one attached hydrogen (secondary N) is 1. The zero-order valence-corrected chi connectivity index (χ0v) is 22.8. The van der Waals surface area contributed by atoms with Gasteiger partial charge >= 0.3 is 6.09 Å². The Morgan fingerprint density at radius 1 is 1.24 bits per heavy atom. The maximum atomic E-state index is 13.8. The lowest BCUT2D eigenvalue weighted by Crippen LogP contribution is -2.51. The number of imidazole rings is 1. The van der Waals surface area contributed by atoms with Crippen LogP contribution in [0.25, 0.3) is 11.0 Å². The van der Waals surface area contributed by atoms with Crippen molar-refractivity contribution in [1.82, 2.24) is 19.2 Å². The number of nitrogens with zero attached hydrogens (tertiary/aromatic N) is 3. The molecule has 1 aromatic heterocycles. The summed E-state index contributed by atoms with van der Waals surface area (Å²) >= 11 is 0. The number of rotatable bonds is 11. The standard InChI is InChI=1S/C27H36N4O6S/c1-19(2)15-31(38(34,35)22-9-10-23-25(14-22)30(3)18-28-23)16-26(32)24(13-20-7-5-4-6-8-20)29-27(33)37-21-11-12-36-17-21/h4-10,14,18-19,21,24,26,32H,11-13,15-17H2,1-3H3,(H,29,33)/t21-,24-,26+/m0/s1. The van der Waals surface area contributed by atoms with E-state index in [1.165, 1.54) is 10.4 Å². The van der Waals surface area contributed by atoms with Crippen molar-refractivity contribution in [2.24, 2.45) is 13.0 Å². The second kappa shape index (κ2) is 12.2. The van der Waals surface area contributed by atoms with Crippen LogP contribution >= 0.6 is 0 Å². The Bertz CT molecular complexity index is 1320. The highest BCUT2D eigenvalue weighted by molar-refractivity contribution is 7.89. The maximum absolute atomic E-state index is 13.8. The van der Waals surface area contributed by atoms with Crippen LogP contribution in [0.1, 0.15) is 25.8 Å². The number of amides is 1. The maximum Gasteiger partial charge on any atom is 0.407 e. The van der Waals surface area contributed by atoms with Gasteiger partial charge in [-0.1, -0.05) is 44.2 Å². The predicted octanol–water partition coefficient (Wildman–Crippen LogP) is 2.71. The molecule has 11 heteroatoms. The summed E-state index contributed by atoms with van der Waals surface area (Å²) in [4.78, 5) is 17.1. The number of carbonyl (C=O) groups is 1. The van der Waals surface area contributed by atoms with Gasteiger partial charge in [0.25, 0.3) is 0 Å². The monoisotopic (exact) mass is 544 g/mol. The van der Waals surface area contributed by atoms with Gasteiger partial charge in [-0.3, -0.25) is 0 Å². The number of hydrogen-bond donors (Lipinski definition) is 2. The molecular weight excluding hydrogens is 508 g/mol. The van der Waals surface area contributed by atoms with Gasteiger partial charge in [-0.15, -0.1) is 0 Å². The van der Waals surface area contributed by atoms with Gasteiger partial charge in [0.1, 0.15) is 6.10 Å². The molecule has 0 unspecified atom stereocenters. The van der Waals surface area contributed by atoms with Gasteiger partial charge in [0.15, 0.2) is 0 Å². The highest BCUT2D eigenvalue weighted by Crippen LogP contribution is 2.23. The Balaban J connectivity index is 1.57. The number of aliphatic hydroxyl groups is 1. The normalized spacial score (nSPS) is 17.7. The summed E-state index contributed by atoms with van der Waals surface area (Å²) in [6.07, 6.45) is 0.337. The summed E-state index contributed by atoms with van der Waals surface area (Å²) in [6.45, 7) is 4.69. The lowest BCUT2D eigenvalue weighted by molar-refractivity contribution is 0.0644. The van der Waals surface area contributed by atoms with Crippen molar-refractivity contribution in [2.75, 3.05) is 26.3 Å². The quantitative estimate of drug-likeness (QED) is 0.381. The zero-order chi connectivity index (χ0) is 27.3. The molecular formula is C27H36N4O6S. The van der Waals surface area contributed by atoms with E-state index < -0.39 is 28.3 Å². The summed E-state index contributed by atoms with van der Waals surface area (Å²) in [5.41, 5.74) is 2.28. The largest absolute Gasteiger partial charge is 0.444 e. The van der Waals surface area contributed by atoms with E-state index in [1.54, 1.807) is 30.1 Å². The Morgan fingerprint density at radius 2 is 2.00 bits per heavy atom. The molecule has 0 aliphatic carbocycles. The minimum Gasteiger partial charge on any atom is -0.444 e. The fourth-order valence-electron chi connectivity index (χ4n) is 4.52. The van der Waals surface area contributed by atoms with E-state index in [2.05, 4.69) is 10.3 Å². The second-order valence-electron chi connectivity index (χ2n) is 10.1. The average Bonchev–Trinajstić information content (AvgIpc) is 3.53. The van der Waals surface area contributed by atoms with E-state index in [-0.39, 0.29) is 30.0 Å². The van der Waals surface area contributed by atoms with E-state index in [0.717, 1.165) is 5.56 Å².